The number of oxazole rings is 1. The van der Waals surface area contributed by atoms with Crippen molar-refractivity contribution in [3.05, 3.63) is 66.4 Å². The summed E-state index contributed by atoms with van der Waals surface area (Å²) in [6.07, 6.45) is 1.68. The molecule has 1 saturated heterocycles. The molecule has 142 valence electrons. The van der Waals surface area contributed by atoms with E-state index in [9.17, 15) is 9.59 Å². The zero-order valence-corrected chi connectivity index (χ0v) is 15.7. The van der Waals surface area contributed by atoms with Crippen molar-refractivity contribution in [1.29, 1.82) is 0 Å². The Labute approximate surface area is 163 Å². The maximum absolute atomic E-state index is 13.1. The lowest BCUT2D eigenvalue weighted by Gasteiger charge is -2.34. The van der Waals surface area contributed by atoms with Gasteiger partial charge in [0, 0.05) is 44.2 Å². The molecule has 0 radical (unpaired) electrons. The Morgan fingerprint density at radius 1 is 0.893 bits per heavy atom. The highest BCUT2D eigenvalue weighted by atomic mass is 16.4. The van der Waals surface area contributed by atoms with Crippen molar-refractivity contribution in [2.45, 2.75) is 6.92 Å². The van der Waals surface area contributed by atoms with Crippen LogP contribution in [-0.2, 0) is 4.79 Å². The second-order valence-corrected chi connectivity index (χ2v) is 6.74. The lowest BCUT2D eigenvalue weighted by Crippen LogP contribution is -2.50. The van der Waals surface area contributed by atoms with E-state index in [1.807, 2.05) is 48.5 Å². The predicted octanol–water partition coefficient (Wildman–Crippen LogP) is 3.31. The van der Waals surface area contributed by atoms with Gasteiger partial charge in [0.1, 0.15) is 0 Å². The van der Waals surface area contributed by atoms with Gasteiger partial charge in [-0.1, -0.05) is 42.5 Å². The van der Waals surface area contributed by atoms with Crippen molar-refractivity contribution in [3.63, 3.8) is 0 Å². The second kappa shape index (κ2) is 7.68. The number of carbonyl (C=O) groups excluding carboxylic acids is 2. The summed E-state index contributed by atoms with van der Waals surface area (Å²) in [5.74, 6) is 1.05. The molecular weight excluding hydrogens is 354 g/mol. The van der Waals surface area contributed by atoms with Crippen molar-refractivity contribution >= 4 is 11.8 Å². The van der Waals surface area contributed by atoms with Crippen molar-refractivity contribution in [2.24, 2.45) is 0 Å². The fourth-order valence-electron chi connectivity index (χ4n) is 3.39. The van der Waals surface area contributed by atoms with Crippen LogP contribution in [0.2, 0.25) is 0 Å². The summed E-state index contributed by atoms with van der Waals surface area (Å²) in [5, 5.41) is 0. The molecule has 0 spiro atoms. The summed E-state index contributed by atoms with van der Waals surface area (Å²) in [5.41, 5.74) is 2.16. The van der Waals surface area contributed by atoms with Crippen LogP contribution < -0.4 is 0 Å². The largest absolute Gasteiger partial charge is 0.436 e. The van der Waals surface area contributed by atoms with E-state index >= 15 is 0 Å². The smallest absolute Gasteiger partial charge is 0.254 e. The highest BCUT2D eigenvalue weighted by Crippen LogP contribution is 2.29. The Bertz CT molecular complexity index is 989. The van der Waals surface area contributed by atoms with E-state index in [-0.39, 0.29) is 11.8 Å². The average molecular weight is 375 g/mol. The number of carbonyl (C=O) groups is 2. The number of benzene rings is 2. The Morgan fingerprint density at radius 3 is 2.25 bits per heavy atom. The van der Waals surface area contributed by atoms with Gasteiger partial charge in [-0.3, -0.25) is 9.59 Å². The van der Waals surface area contributed by atoms with Crippen LogP contribution in [0.25, 0.3) is 22.8 Å². The minimum Gasteiger partial charge on any atom is -0.436 e. The summed E-state index contributed by atoms with van der Waals surface area (Å²) in [6.45, 7) is 3.71. The number of hydrogen-bond acceptors (Lipinski definition) is 4. The highest BCUT2D eigenvalue weighted by Gasteiger charge is 2.26. The maximum atomic E-state index is 13.1. The molecule has 6 heteroatoms. The first-order valence-electron chi connectivity index (χ1n) is 9.29. The number of amides is 2. The Kier molecular flexibility index (Phi) is 4.93. The third-order valence-corrected chi connectivity index (χ3v) is 4.96. The molecule has 0 atom stereocenters. The molecule has 3 aromatic rings. The van der Waals surface area contributed by atoms with E-state index in [4.69, 9.17) is 4.42 Å². The van der Waals surface area contributed by atoms with Crippen LogP contribution in [0, 0.1) is 0 Å². The molecule has 1 aliphatic heterocycles. The van der Waals surface area contributed by atoms with Crippen LogP contribution in [0.4, 0.5) is 0 Å². The highest BCUT2D eigenvalue weighted by molar-refractivity contribution is 6.00. The summed E-state index contributed by atoms with van der Waals surface area (Å²) in [4.78, 5) is 32.5. The second-order valence-electron chi connectivity index (χ2n) is 6.74. The van der Waals surface area contributed by atoms with Gasteiger partial charge in [-0.2, -0.15) is 0 Å². The molecule has 1 aromatic heterocycles. The number of piperazine rings is 1. The minimum absolute atomic E-state index is 0.0423. The third kappa shape index (κ3) is 3.53. The molecule has 0 bridgehead atoms. The first-order chi connectivity index (χ1) is 13.6. The Balaban J connectivity index is 1.59. The molecule has 6 nitrogen and oxygen atoms in total. The average Bonchev–Trinajstić information content (AvgIpc) is 3.24. The van der Waals surface area contributed by atoms with Crippen molar-refractivity contribution in [2.75, 3.05) is 26.2 Å². The van der Waals surface area contributed by atoms with Crippen LogP contribution in [-0.4, -0.2) is 52.8 Å². The van der Waals surface area contributed by atoms with Gasteiger partial charge < -0.3 is 14.2 Å². The molecular formula is C22H21N3O3. The summed E-state index contributed by atoms with van der Waals surface area (Å²) in [6, 6.07) is 17.1. The summed E-state index contributed by atoms with van der Waals surface area (Å²) < 4.78 is 5.95. The van der Waals surface area contributed by atoms with Crippen molar-refractivity contribution < 1.29 is 14.0 Å². The number of aromatic nitrogens is 1. The van der Waals surface area contributed by atoms with E-state index in [2.05, 4.69) is 4.98 Å². The van der Waals surface area contributed by atoms with E-state index in [0.29, 0.717) is 49.0 Å². The van der Waals surface area contributed by atoms with Crippen LogP contribution in [0.15, 0.2) is 65.2 Å². The third-order valence-electron chi connectivity index (χ3n) is 4.96. The number of hydrogen-bond donors (Lipinski definition) is 0. The predicted molar refractivity (Wildman–Crippen MR) is 106 cm³/mol. The lowest BCUT2D eigenvalue weighted by molar-refractivity contribution is -0.130. The van der Waals surface area contributed by atoms with Gasteiger partial charge >= 0.3 is 0 Å². The van der Waals surface area contributed by atoms with Gasteiger partial charge in [-0.05, 0) is 12.1 Å². The fraction of sp³-hybridized carbons (Fsp3) is 0.227. The van der Waals surface area contributed by atoms with Gasteiger partial charge in [-0.15, -0.1) is 0 Å². The topological polar surface area (TPSA) is 66.7 Å². The molecule has 0 aliphatic carbocycles. The van der Waals surface area contributed by atoms with Gasteiger partial charge in [0.15, 0.2) is 5.76 Å². The minimum atomic E-state index is -0.0711. The molecule has 0 saturated carbocycles. The van der Waals surface area contributed by atoms with Crippen molar-refractivity contribution in [1.82, 2.24) is 14.8 Å². The molecule has 2 heterocycles. The normalized spacial score (nSPS) is 14.2. The van der Waals surface area contributed by atoms with Crippen LogP contribution in [0.1, 0.15) is 17.3 Å². The molecule has 2 aromatic carbocycles. The van der Waals surface area contributed by atoms with Crippen molar-refractivity contribution in [3.8, 4) is 22.8 Å². The van der Waals surface area contributed by atoms with E-state index in [0.717, 1.165) is 5.56 Å². The number of rotatable bonds is 3. The first kappa shape index (κ1) is 18.0. The van der Waals surface area contributed by atoms with Gasteiger partial charge in [0.25, 0.3) is 5.91 Å². The molecule has 2 amide bonds. The van der Waals surface area contributed by atoms with E-state index in [1.54, 1.807) is 29.0 Å². The van der Waals surface area contributed by atoms with Gasteiger partial charge in [0.05, 0.1) is 11.8 Å². The molecule has 28 heavy (non-hydrogen) atoms. The number of nitrogens with zero attached hydrogens (tertiary/aromatic N) is 3. The zero-order valence-electron chi connectivity index (χ0n) is 15.7. The standard InChI is InChI=1S/C22H21N3O3/c1-16(26)24-11-13-25(14-12-24)22(27)19-10-6-5-9-18(19)21-23-15-20(28-21)17-7-3-2-4-8-17/h2-10,15H,11-14H2,1H3. The Morgan fingerprint density at radius 2 is 1.54 bits per heavy atom. The van der Waals surface area contributed by atoms with Crippen LogP contribution >= 0.6 is 0 Å². The lowest BCUT2D eigenvalue weighted by atomic mass is 10.1. The molecule has 4 rings (SSSR count). The van der Waals surface area contributed by atoms with Gasteiger partial charge in [0.2, 0.25) is 11.8 Å². The molecule has 1 aliphatic rings. The zero-order chi connectivity index (χ0) is 19.5. The van der Waals surface area contributed by atoms with Crippen LogP contribution in [0.3, 0.4) is 0 Å². The Hall–Kier alpha value is -3.41. The quantitative estimate of drug-likeness (QED) is 0.704. The SMILES string of the molecule is CC(=O)N1CCN(C(=O)c2ccccc2-c2ncc(-c3ccccc3)o2)CC1. The summed E-state index contributed by atoms with van der Waals surface area (Å²) >= 11 is 0. The molecule has 0 unspecified atom stereocenters. The molecule has 0 N–H and O–H groups in total. The fourth-order valence-corrected chi connectivity index (χ4v) is 3.39. The van der Waals surface area contributed by atoms with E-state index in [1.165, 1.54) is 0 Å². The summed E-state index contributed by atoms with van der Waals surface area (Å²) in [7, 11) is 0. The van der Waals surface area contributed by atoms with Gasteiger partial charge in [-0.25, -0.2) is 4.98 Å². The van der Waals surface area contributed by atoms with Crippen LogP contribution in [0.5, 0.6) is 0 Å². The van der Waals surface area contributed by atoms with E-state index < -0.39 is 0 Å². The first-order valence-corrected chi connectivity index (χ1v) is 9.29. The monoisotopic (exact) mass is 375 g/mol. The molecule has 1 fully saturated rings. The maximum Gasteiger partial charge on any atom is 0.254 e.